The number of rotatable bonds is 5. The first-order valence-electron chi connectivity index (χ1n) is 10.5. The van der Waals surface area contributed by atoms with E-state index >= 15 is 0 Å². The summed E-state index contributed by atoms with van der Waals surface area (Å²) < 4.78 is 52.0. The Morgan fingerprint density at radius 2 is 1.77 bits per heavy atom. The topological polar surface area (TPSA) is 68.5 Å². The van der Waals surface area contributed by atoms with Crippen molar-refractivity contribution >= 4 is 34.2 Å². The molecule has 0 fully saturated rings. The third-order valence-corrected chi connectivity index (χ3v) is 5.75. The number of hydrogen-bond acceptors (Lipinski definition) is 4. The highest BCUT2D eigenvalue weighted by Crippen LogP contribution is 2.38. The van der Waals surface area contributed by atoms with Crippen molar-refractivity contribution in [2.24, 2.45) is 0 Å². The molecule has 9 heteroatoms. The summed E-state index contributed by atoms with van der Waals surface area (Å²) in [6, 6.07) is 14.7. The summed E-state index contributed by atoms with van der Waals surface area (Å²) in [5, 5.41) is 2.99. The molecule has 0 aliphatic carbocycles. The van der Waals surface area contributed by atoms with E-state index < -0.39 is 35.4 Å². The highest BCUT2D eigenvalue weighted by Gasteiger charge is 2.39. The molecule has 1 amide bonds. The molecule has 1 aromatic heterocycles. The molecule has 0 aliphatic heterocycles. The van der Waals surface area contributed by atoms with Gasteiger partial charge in [-0.05, 0) is 60.9 Å². The number of halogens is 4. The van der Waals surface area contributed by atoms with Gasteiger partial charge in [-0.3, -0.25) is 9.59 Å². The molecule has 0 saturated carbocycles. The first-order chi connectivity index (χ1) is 16.5. The minimum atomic E-state index is -4.93. The average molecular weight is 502 g/mol. The second-order valence-corrected chi connectivity index (χ2v) is 8.32. The number of anilines is 1. The Morgan fingerprint density at radius 3 is 2.46 bits per heavy atom. The lowest BCUT2D eigenvalue weighted by molar-refractivity contribution is -0.152. The molecule has 0 unspecified atom stereocenters. The van der Waals surface area contributed by atoms with Crippen molar-refractivity contribution in [1.82, 2.24) is 0 Å². The van der Waals surface area contributed by atoms with E-state index in [4.69, 9.17) is 20.8 Å². The maximum atomic E-state index is 13.8. The lowest BCUT2D eigenvalue weighted by Crippen LogP contribution is -2.21. The maximum absolute atomic E-state index is 13.8. The number of carbonyl (C=O) groups excluding carboxylic acids is 1. The predicted molar refractivity (Wildman–Crippen MR) is 128 cm³/mol. The smallest absolute Gasteiger partial charge is 0.450 e. The van der Waals surface area contributed by atoms with E-state index in [0.717, 1.165) is 17.2 Å². The van der Waals surface area contributed by atoms with E-state index in [9.17, 15) is 22.8 Å². The van der Waals surface area contributed by atoms with Gasteiger partial charge in [0.25, 0.3) is 5.91 Å². The lowest BCUT2D eigenvalue weighted by atomic mass is 10.0. The molecule has 3 aromatic carbocycles. The third-order valence-electron chi connectivity index (χ3n) is 5.50. The van der Waals surface area contributed by atoms with Crippen LogP contribution in [-0.4, -0.2) is 12.5 Å². The number of benzene rings is 3. The zero-order valence-corrected chi connectivity index (χ0v) is 19.4. The number of aryl methyl sites for hydroxylation is 1. The normalized spacial score (nSPS) is 11.5. The van der Waals surface area contributed by atoms with E-state index in [-0.39, 0.29) is 22.3 Å². The SMILES string of the molecule is Cc1cccc(NC(=O)COc2ccc3c(=O)c(-c4ccc(Cl)cc4)c(C(F)(F)F)oc3c2)c1C. The molecule has 4 rings (SSSR count). The minimum Gasteiger partial charge on any atom is -0.484 e. The zero-order chi connectivity index (χ0) is 25.3. The fraction of sp³-hybridized carbons (Fsp3) is 0.154. The van der Waals surface area contributed by atoms with Crippen molar-refractivity contribution < 1.29 is 27.1 Å². The van der Waals surface area contributed by atoms with E-state index in [0.29, 0.717) is 10.7 Å². The monoisotopic (exact) mass is 501 g/mol. The Bertz CT molecular complexity index is 1480. The van der Waals surface area contributed by atoms with Crippen molar-refractivity contribution in [3.8, 4) is 16.9 Å². The van der Waals surface area contributed by atoms with E-state index in [1.54, 1.807) is 12.1 Å². The largest absolute Gasteiger partial charge is 0.484 e. The van der Waals surface area contributed by atoms with Crippen LogP contribution < -0.4 is 15.5 Å². The number of hydrogen-bond donors (Lipinski definition) is 1. The van der Waals surface area contributed by atoms with E-state index in [1.165, 1.54) is 36.4 Å². The minimum absolute atomic E-state index is 0.0285. The zero-order valence-electron chi connectivity index (χ0n) is 18.6. The van der Waals surface area contributed by atoms with Gasteiger partial charge in [0.1, 0.15) is 11.3 Å². The fourth-order valence-electron chi connectivity index (χ4n) is 3.56. The van der Waals surface area contributed by atoms with Gasteiger partial charge < -0.3 is 14.5 Å². The predicted octanol–water partition coefficient (Wildman–Crippen LogP) is 6.77. The van der Waals surface area contributed by atoms with E-state index in [2.05, 4.69) is 5.32 Å². The number of alkyl halides is 3. The van der Waals surface area contributed by atoms with Crippen LogP contribution in [0.2, 0.25) is 5.02 Å². The number of nitrogens with one attached hydrogen (secondary N) is 1. The Hall–Kier alpha value is -3.78. The summed E-state index contributed by atoms with van der Waals surface area (Å²) in [6.45, 7) is 3.39. The Morgan fingerprint density at radius 1 is 1.06 bits per heavy atom. The van der Waals surface area contributed by atoms with Gasteiger partial charge in [-0.15, -0.1) is 0 Å². The fourth-order valence-corrected chi connectivity index (χ4v) is 3.69. The lowest BCUT2D eigenvalue weighted by Gasteiger charge is -2.14. The standard InChI is InChI=1S/C26H19ClF3NO4/c1-14-4-3-5-20(15(14)2)31-22(32)13-34-18-10-11-19-21(12-18)35-25(26(28,29)30)23(24(19)33)16-6-8-17(27)9-7-16/h3-12H,13H2,1-2H3,(H,31,32). The van der Waals surface area contributed by atoms with Gasteiger partial charge >= 0.3 is 6.18 Å². The highest BCUT2D eigenvalue weighted by atomic mass is 35.5. The Kier molecular flexibility index (Phi) is 6.58. The van der Waals surface area contributed by atoms with Crippen molar-refractivity contribution in [3.05, 3.63) is 92.8 Å². The summed E-state index contributed by atoms with van der Waals surface area (Å²) in [4.78, 5) is 25.3. The molecule has 1 heterocycles. The van der Waals surface area contributed by atoms with Crippen LogP contribution in [0.4, 0.5) is 18.9 Å². The van der Waals surface area contributed by atoms with Gasteiger partial charge in [-0.1, -0.05) is 35.9 Å². The van der Waals surface area contributed by atoms with Gasteiger partial charge in [-0.2, -0.15) is 13.2 Å². The first-order valence-corrected chi connectivity index (χ1v) is 10.9. The van der Waals surface area contributed by atoms with E-state index in [1.807, 2.05) is 19.9 Å². The molecular weight excluding hydrogens is 483 g/mol. The van der Waals surface area contributed by atoms with Crippen molar-refractivity contribution in [1.29, 1.82) is 0 Å². The van der Waals surface area contributed by atoms with Crippen LogP contribution in [0.15, 0.2) is 69.9 Å². The van der Waals surface area contributed by atoms with Crippen LogP contribution in [0.25, 0.3) is 22.1 Å². The molecule has 4 aromatic rings. The Labute approximate surface area is 203 Å². The second-order valence-electron chi connectivity index (χ2n) is 7.88. The molecule has 0 radical (unpaired) electrons. The van der Waals surface area contributed by atoms with Crippen LogP contribution in [0.1, 0.15) is 16.9 Å². The second kappa shape index (κ2) is 9.46. The van der Waals surface area contributed by atoms with Gasteiger partial charge in [0.05, 0.1) is 10.9 Å². The molecule has 0 spiro atoms. The van der Waals surface area contributed by atoms with Crippen LogP contribution in [0, 0.1) is 13.8 Å². The molecule has 180 valence electrons. The van der Waals surface area contributed by atoms with Crippen molar-refractivity contribution in [2.45, 2.75) is 20.0 Å². The van der Waals surface area contributed by atoms with Crippen LogP contribution in [0.5, 0.6) is 5.75 Å². The summed E-state index contributed by atoms with van der Waals surface area (Å²) in [5.41, 5.74) is 0.806. The highest BCUT2D eigenvalue weighted by molar-refractivity contribution is 6.30. The number of amides is 1. The van der Waals surface area contributed by atoms with Gasteiger partial charge in [-0.25, -0.2) is 0 Å². The molecule has 0 aliphatic rings. The van der Waals surface area contributed by atoms with Gasteiger partial charge in [0, 0.05) is 16.8 Å². The summed E-state index contributed by atoms with van der Waals surface area (Å²) in [6.07, 6.45) is -4.93. The summed E-state index contributed by atoms with van der Waals surface area (Å²) in [7, 11) is 0. The maximum Gasteiger partial charge on any atom is 0.450 e. The molecule has 0 atom stereocenters. The third kappa shape index (κ3) is 5.17. The molecule has 35 heavy (non-hydrogen) atoms. The average Bonchev–Trinajstić information content (AvgIpc) is 2.80. The Balaban J connectivity index is 1.64. The summed E-state index contributed by atoms with van der Waals surface area (Å²) in [5.74, 6) is -1.81. The number of fused-ring (bicyclic) bond motifs is 1. The molecule has 0 bridgehead atoms. The number of carbonyl (C=O) groups is 1. The number of ether oxygens (including phenoxy) is 1. The molecule has 5 nitrogen and oxygen atoms in total. The molecular formula is C26H19ClF3NO4. The quantitative estimate of drug-likeness (QED) is 0.328. The van der Waals surface area contributed by atoms with Crippen LogP contribution in [-0.2, 0) is 11.0 Å². The first kappa shape index (κ1) is 24.3. The molecule has 1 N–H and O–H groups in total. The van der Waals surface area contributed by atoms with Gasteiger partial charge in [0.2, 0.25) is 11.2 Å². The summed E-state index contributed by atoms with van der Waals surface area (Å²) >= 11 is 5.83. The molecule has 0 saturated heterocycles. The van der Waals surface area contributed by atoms with Crippen molar-refractivity contribution in [2.75, 3.05) is 11.9 Å². The van der Waals surface area contributed by atoms with Crippen LogP contribution in [0.3, 0.4) is 0 Å². The van der Waals surface area contributed by atoms with Crippen molar-refractivity contribution in [3.63, 3.8) is 0 Å². The van der Waals surface area contributed by atoms with Gasteiger partial charge in [0.15, 0.2) is 6.61 Å². The van der Waals surface area contributed by atoms with Crippen LogP contribution >= 0.6 is 11.6 Å².